The zero-order valence-corrected chi connectivity index (χ0v) is 11.1. The molecule has 96 valence electrons. The van der Waals surface area contributed by atoms with Crippen molar-refractivity contribution in [3.8, 4) is 0 Å². The zero-order chi connectivity index (χ0) is 13.1. The first kappa shape index (κ1) is 13.7. The Kier molecular flexibility index (Phi) is 4.28. The number of carbonyl (C=O) groups is 1. The fraction of sp³-hybridized carbons (Fsp3) is 0.667. The number of hydrogen-bond donors (Lipinski definition) is 1. The van der Waals surface area contributed by atoms with E-state index in [0.29, 0.717) is 25.3 Å². The van der Waals surface area contributed by atoms with Crippen LogP contribution in [0.4, 0.5) is 0 Å². The number of nitrogens with zero attached hydrogens (tertiary/aromatic N) is 3. The van der Waals surface area contributed by atoms with Crippen LogP contribution in [-0.2, 0) is 7.05 Å². The molecule has 17 heavy (non-hydrogen) atoms. The molecule has 5 nitrogen and oxygen atoms in total. The van der Waals surface area contributed by atoms with E-state index in [-0.39, 0.29) is 11.3 Å². The van der Waals surface area contributed by atoms with Crippen LogP contribution in [0.2, 0.25) is 0 Å². The molecule has 0 aromatic carbocycles. The van der Waals surface area contributed by atoms with Crippen molar-refractivity contribution in [2.75, 3.05) is 19.6 Å². The summed E-state index contributed by atoms with van der Waals surface area (Å²) in [6, 6.07) is 0. The van der Waals surface area contributed by atoms with E-state index in [1.54, 1.807) is 17.1 Å². The van der Waals surface area contributed by atoms with Crippen LogP contribution in [0.3, 0.4) is 0 Å². The standard InChI is InChI=1S/C12H22N4O/c1-5-16(8-12(2,3)7-13)11(17)10-6-14-9-15(10)4/h6,9H,5,7-8,13H2,1-4H3. The molecule has 1 rings (SSSR count). The number of carbonyl (C=O) groups excluding carboxylic acids is 1. The van der Waals surface area contributed by atoms with Gasteiger partial charge in [-0.05, 0) is 18.9 Å². The second-order valence-electron chi connectivity index (χ2n) is 5.08. The van der Waals surface area contributed by atoms with Gasteiger partial charge in [0.15, 0.2) is 0 Å². The highest BCUT2D eigenvalue weighted by molar-refractivity contribution is 5.92. The lowest BCUT2D eigenvalue weighted by Crippen LogP contribution is -2.42. The highest BCUT2D eigenvalue weighted by atomic mass is 16.2. The number of rotatable bonds is 5. The number of nitrogens with two attached hydrogens (primary N) is 1. The summed E-state index contributed by atoms with van der Waals surface area (Å²) in [5.74, 6) is 0.00836. The average Bonchev–Trinajstić information content (AvgIpc) is 2.71. The van der Waals surface area contributed by atoms with Gasteiger partial charge in [-0.3, -0.25) is 4.79 Å². The Hall–Kier alpha value is -1.36. The Morgan fingerprint density at radius 2 is 2.24 bits per heavy atom. The lowest BCUT2D eigenvalue weighted by Gasteiger charge is -2.31. The van der Waals surface area contributed by atoms with Crippen LogP contribution in [-0.4, -0.2) is 40.0 Å². The summed E-state index contributed by atoms with van der Waals surface area (Å²) in [6.07, 6.45) is 3.23. The Bertz CT molecular complexity index is 384. The Morgan fingerprint density at radius 3 is 2.65 bits per heavy atom. The van der Waals surface area contributed by atoms with Crippen LogP contribution in [0.1, 0.15) is 31.3 Å². The van der Waals surface area contributed by atoms with E-state index in [9.17, 15) is 4.79 Å². The van der Waals surface area contributed by atoms with Crippen molar-refractivity contribution in [1.29, 1.82) is 0 Å². The average molecular weight is 238 g/mol. The maximum Gasteiger partial charge on any atom is 0.272 e. The third-order valence-corrected chi connectivity index (χ3v) is 2.88. The lowest BCUT2D eigenvalue weighted by molar-refractivity contribution is 0.0691. The molecular formula is C12H22N4O. The van der Waals surface area contributed by atoms with Gasteiger partial charge in [-0.25, -0.2) is 4.98 Å². The van der Waals surface area contributed by atoms with Gasteiger partial charge >= 0.3 is 0 Å². The largest absolute Gasteiger partial charge is 0.337 e. The van der Waals surface area contributed by atoms with Gasteiger partial charge in [0, 0.05) is 20.1 Å². The molecule has 0 atom stereocenters. The SMILES string of the molecule is CCN(CC(C)(C)CN)C(=O)c1cncn1C. The number of hydrogen-bond acceptors (Lipinski definition) is 3. The van der Waals surface area contributed by atoms with E-state index < -0.39 is 0 Å². The van der Waals surface area contributed by atoms with E-state index in [4.69, 9.17) is 5.73 Å². The summed E-state index contributed by atoms with van der Waals surface area (Å²) >= 11 is 0. The zero-order valence-electron chi connectivity index (χ0n) is 11.1. The van der Waals surface area contributed by atoms with Gasteiger partial charge in [0.2, 0.25) is 0 Å². The molecule has 1 heterocycles. The van der Waals surface area contributed by atoms with Gasteiger partial charge in [-0.2, -0.15) is 0 Å². The van der Waals surface area contributed by atoms with Crippen molar-refractivity contribution in [2.45, 2.75) is 20.8 Å². The van der Waals surface area contributed by atoms with Gasteiger partial charge in [0.05, 0.1) is 12.5 Å². The van der Waals surface area contributed by atoms with Crippen molar-refractivity contribution in [3.05, 3.63) is 18.2 Å². The predicted molar refractivity (Wildman–Crippen MR) is 67.6 cm³/mol. The van der Waals surface area contributed by atoms with Crippen LogP contribution in [0.15, 0.2) is 12.5 Å². The maximum absolute atomic E-state index is 12.3. The molecule has 0 aliphatic heterocycles. The third-order valence-electron chi connectivity index (χ3n) is 2.88. The monoisotopic (exact) mass is 238 g/mol. The summed E-state index contributed by atoms with van der Waals surface area (Å²) in [5, 5.41) is 0. The molecule has 1 aromatic heterocycles. The first-order valence-corrected chi connectivity index (χ1v) is 5.87. The Labute approximate surface area is 103 Å². The third kappa shape index (κ3) is 3.30. The molecule has 0 aliphatic rings. The number of amides is 1. The first-order chi connectivity index (χ1) is 7.91. The topological polar surface area (TPSA) is 64.2 Å². The van der Waals surface area contributed by atoms with E-state index >= 15 is 0 Å². The Morgan fingerprint density at radius 1 is 1.59 bits per heavy atom. The highest BCUT2D eigenvalue weighted by Gasteiger charge is 2.24. The van der Waals surface area contributed by atoms with Crippen molar-refractivity contribution in [2.24, 2.45) is 18.2 Å². The molecule has 0 spiro atoms. The molecule has 0 saturated heterocycles. The van der Waals surface area contributed by atoms with Crippen LogP contribution >= 0.6 is 0 Å². The van der Waals surface area contributed by atoms with Gasteiger partial charge in [0.25, 0.3) is 5.91 Å². The molecule has 5 heteroatoms. The normalized spacial score (nSPS) is 11.6. The summed E-state index contributed by atoms with van der Waals surface area (Å²) in [5.41, 5.74) is 6.25. The molecular weight excluding hydrogens is 216 g/mol. The molecule has 0 radical (unpaired) electrons. The molecule has 1 amide bonds. The fourth-order valence-corrected chi connectivity index (χ4v) is 1.63. The van der Waals surface area contributed by atoms with Gasteiger partial charge in [-0.1, -0.05) is 13.8 Å². The van der Waals surface area contributed by atoms with Crippen molar-refractivity contribution < 1.29 is 4.79 Å². The molecule has 0 saturated carbocycles. The molecule has 0 aliphatic carbocycles. The van der Waals surface area contributed by atoms with Crippen LogP contribution < -0.4 is 5.73 Å². The summed E-state index contributed by atoms with van der Waals surface area (Å²) in [4.78, 5) is 18.1. The highest BCUT2D eigenvalue weighted by Crippen LogP contribution is 2.16. The van der Waals surface area contributed by atoms with Gasteiger partial charge < -0.3 is 15.2 Å². The number of aromatic nitrogens is 2. The Balaban J connectivity index is 2.82. The number of imidazole rings is 1. The first-order valence-electron chi connectivity index (χ1n) is 5.87. The molecule has 0 bridgehead atoms. The second-order valence-corrected chi connectivity index (χ2v) is 5.08. The predicted octanol–water partition coefficient (Wildman–Crippen LogP) is 0.867. The van der Waals surface area contributed by atoms with Gasteiger partial charge in [0.1, 0.15) is 5.69 Å². The molecule has 0 fully saturated rings. The van der Waals surface area contributed by atoms with Crippen LogP contribution in [0.25, 0.3) is 0 Å². The van der Waals surface area contributed by atoms with E-state index in [0.717, 1.165) is 0 Å². The van der Waals surface area contributed by atoms with Crippen molar-refractivity contribution in [1.82, 2.24) is 14.5 Å². The van der Waals surface area contributed by atoms with Crippen LogP contribution in [0, 0.1) is 5.41 Å². The van der Waals surface area contributed by atoms with Crippen LogP contribution in [0.5, 0.6) is 0 Å². The fourth-order valence-electron chi connectivity index (χ4n) is 1.63. The number of aryl methyl sites for hydroxylation is 1. The summed E-state index contributed by atoms with van der Waals surface area (Å²) < 4.78 is 1.74. The summed E-state index contributed by atoms with van der Waals surface area (Å²) in [7, 11) is 1.82. The second kappa shape index (κ2) is 5.31. The van der Waals surface area contributed by atoms with Crippen molar-refractivity contribution >= 4 is 5.91 Å². The smallest absolute Gasteiger partial charge is 0.272 e. The maximum atomic E-state index is 12.3. The molecule has 1 aromatic rings. The van der Waals surface area contributed by atoms with E-state index in [2.05, 4.69) is 18.8 Å². The molecule has 0 unspecified atom stereocenters. The van der Waals surface area contributed by atoms with Crippen molar-refractivity contribution in [3.63, 3.8) is 0 Å². The van der Waals surface area contributed by atoms with E-state index in [1.165, 1.54) is 0 Å². The minimum Gasteiger partial charge on any atom is -0.337 e. The van der Waals surface area contributed by atoms with E-state index in [1.807, 2.05) is 18.9 Å². The van der Waals surface area contributed by atoms with Gasteiger partial charge in [-0.15, -0.1) is 0 Å². The minimum atomic E-state index is -0.0652. The minimum absolute atomic E-state index is 0.00836. The summed E-state index contributed by atoms with van der Waals surface area (Å²) in [6.45, 7) is 7.98. The molecule has 2 N–H and O–H groups in total. The quantitative estimate of drug-likeness (QED) is 0.827. The lowest BCUT2D eigenvalue weighted by atomic mass is 9.93.